The highest BCUT2D eigenvalue weighted by molar-refractivity contribution is 5.79. The summed E-state index contributed by atoms with van der Waals surface area (Å²) in [5, 5.41) is 8.84. The van der Waals surface area contributed by atoms with Crippen LogP contribution in [0.1, 0.15) is 42.7 Å². The molecule has 1 aliphatic rings. The number of ether oxygens (including phenoxy) is 1. The number of hydrogen-bond acceptors (Lipinski definition) is 3. The highest BCUT2D eigenvalue weighted by Crippen LogP contribution is 2.36. The molecule has 0 unspecified atom stereocenters. The van der Waals surface area contributed by atoms with Crippen LogP contribution in [0.4, 0.5) is 0 Å². The molecule has 0 radical (unpaired) electrons. The minimum atomic E-state index is 0.355. The van der Waals surface area contributed by atoms with E-state index in [1.807, 2.05) is 12.1 Å². The quantitative estimate of drug-likeness (QED) is 0.783. The standard InChI is InChI=1S/C14H15NO2/c1-17-14-8-10(9-15)2-7-13(14)11-3-5-12(16)6-4-11/h2,7-8,11H,3-6H2,1H3. The van der Waals surface area contributed by atoms with Gasteiger partial charge in [0.25, 0.3) is 0 Å². The van der Waals surface area contributed by atoms with Crippen molar-refractivity contribution in [1.29, 1.82) is 5.26 Å². The fraction of sp³-hybridized carbons (Fsp3) is 0.429. The summed E-state index contributed by atoms with van der Waals surface area (Å²) < 4.78 is 5.33. The van der Waals surface area contributed by atoms with Crippen molar-refractivity contribution < 1.29 is 9.53 Å². The topological polar surface area (TPSA) is 50.1 Å². The Bertz CT molecular complexity index is 464. The zero-order chi connectivity index (χ0) is 12.3. The third kappa shape index (κ3) is 2.47. The summed E-state index contributed by atoms with van der Waals surface area (Å²) in [6, 6.07) is 7.64. The molecule has 0 N–H and O–H groups in total. The van der Waals surface area contributed by atoms with Crippen LogP contribution in [0.25, 0.3) is 0 Å². The van der Waals surface area contributed by atoms with Crippen molar-refractivity contribution in [3.63, 3.8) is 0 Å². The van der Waals surface area contributed by atoms with Crippen LogP contribution < -0.4 is 4.74 Å². The van der Waals surface area contributed by atoms with Gasteiger partial charge in [0.1, 0.15) is 11.5 Å². The van der Waals surface area contributed by atoms with Crippen molar-refractivity contribution >= 4 is 5.78 Å². The molecule has 2 rings (SSSR count). The second-order valence-electron chi connectivity index (χ2n) is 4.38. The molecular formula is C14H15NO2. The lowest BCUT2D eigenvalue weighted by Crippen LogP contribution is -2.13. The lowest BCUT2D eigenvalue weighted by Gasteiger charge is -2.23. The number of rotatable bonds is 2. The summed E-state index contributed by atoms with van der Waals surface area (Å²) in [4.78, 5) is 11.2. The number of nitrogens with zero attached hydrogens (tertiary/aromatic N) is 1. The smallest absolute Gasteiger partial charge is 0.132 e. The van der Waals surface area contributed by atoms with Crippen molar-refractivity contribution in [1.82, 2.24) is 0 Å². The molecular weight excluding hydrogens is 214 g/mol. The molecule has 1 aromatic rings. The summed E-state index contributed by atoms with van der Waals surface area (Å²) in [5.74, 6) is 1.51. The van der Waals surface area contributed by atoms with Gasteiger partial charge < -0.3 is 4.74 Å². The highest BCUT2D eigenvalue weighted by atomic mass is 16.5. The summed E-state index contributed by atoms with van der Waals surface area (Å²) in [6.45, 7) is 0. The largest absolute Gasteiger partial charge is 0.496 e. The van der Waals surface area contributed by atoms with Crippen molar-refractivity contribution in [2.75, 3.05) is 7.11 Å². The summed E-state index contributed by atoms with van der Waals surface area (Å²) >= 11 is 0. The van der Waals surface area contributed by atoms with E-state index in [9.17, 15) is 4.79 Å². The van der Waals surface area contributed by atoms with Gasteiger partial charge in [-0.2, -0.15) is 5.26 Å². The first-order valence-corrected chi connectivity index (χ1v) is 5.84. The molecule has 0 bridgehead atoms. The van der Waals surface area contributed by atoms with Crippen molar-refractivity contribution in [3.8, 4) is 11.8 Å². The summed E-state index contributed by atoms with van der Waals surface area (Å²) in [7, 11) is 1.62. The van der Waals surface area contributed by atoms with Crippen LogP contribution in [-0.2, 0) is 4.79 Å². The maximum Gasteiger partial charge on any atom is 0.132 e. The van der Waals surface area contributed by atoms with Gasteiger partial charge in [0.2, 0.25) is 0 Å². The first kappa shape index (κ1) is 11.7. The van der Waals surface area contributed by atoms with E-state index in [0.717, 1.165) is 24.2 Å². The molecule has 0 aliphatic heterocycles. The number of methoxy groups -OCH3 is 1. The van der Waals surface area contributed by atoms with Gasteiger partial charge in [-0.15, -0.1) is 0 Å². The molecule has 1 fully saturated rings. The van der Waals surface area contributed by atoms with Gasteiger partial charge in [-0.1, -0.05) is 6.07 Å². The summed E-state index contributed by atoms with van der Waals surface area (Å²) in [6.07, 6.45) is 3.10. The van der Waals surface area contributed by atoms with Gasteiger partial charge in [-0.05, 0) is 36.5 Å². The monoisotopic (exact) mass is 229 g/mol. The SMILES string of the molecule is COc1cc(C#N)ccc1C1CCC(=O)CC1. The molecule has 1 aliphatic carbocycles. The molecule has 1 aromatic carbocycles. The Hall–Kier alpha value is -1.82. The highest BCUT2D eigenvalue weighted by Gasteiger charge is 2.22. The zero-order valence-electron chi connectivity index (χ0n) is 9.90. The molecule has 0 heterocycles. The third-order valence-electron chi connectivity index (χ3n) is 3.35. The molecule has 17 heavy (non-hydrogen) atoms. The molecule has 1 saturated carbocycles. The van der Waals surface area contributed by atoms with Crippen LogP contribution in [0.5, 0.6) is 5.75 Å². The van der Waals surface area contributed by atoms with Crippen LogP contribution in [0.3, 0.4) is 0 Å². The predicted molar refractivity (Wildman–Crippen MR) is 63.9 cm³/mol. The average Bonchev–Trinajstić information content (AvgIpc) is 2.39. The van der Waals surface area contributed by atoms with E-state index < -0.39 is 0 Å². The number of hydrogen-bond donors (Lipinski definition) is 0. The maximum absolute atomic E-state index is 11.2. The van der Waals surface area contributed by atoms with E-state index in [-0.39, 0.29) is 0 Å². The van der Waals surface area contributed by atoms with Gasteiger partial charge in [-0.3, -0.25) is 4.79 Å². The second kappa shape index (κ2) is 5.01. The van der Waals surface area contributed by atoms with Gasteiger partial charge in [-0.25, -0.2) is 0 Å². The molecule has 0 saturated heterocycles. The van der Waals surface area contributed by atoms with E-state index >= 15 is 0 Å². The number of nitriles is 1. The molecule has 0 amide bonds. The van der Waals surface area contributed by atoms with Crippen LogP contribution >= 0.6 is 0 Å². The van der Waals surface area contributed by atoms with Crippen LogP contribution in [0.2, 0.25) is 0 Å². The van der Waals surface area contributed by atoms with Crippen molar-refractivity contribution in [2.45, 2.75) is 31.6 Å². The van der Waals surface area contributed by atoms with Crippen molar-refractivity contribution in [2.24, 2.45) is 0 Å². The molecule has 0 aromatic heterocycles. The van der Waals surface area contributed by atoms with E-state index in [1.54, 1.807) is 13.2 Å². The summed E-state index contributed by atoms with van der Waals surface area (Å²) in [5.41, 5.74) is 1.73. The maximum atomic E-state index is 11.2. The minimum Gasteiger partial charge on any atom is -0.496 e. The number of Topliss-reactive ketones (excluding diaryl/α,β-unsaturated/α-hetero) is 1. The lowest BCUT2D eigenvalue weighted by atomic mass is 9.83. The van der Waals surface area contributed by atoms with E-state index in [0.29, 0.717) is 30.1 Å². The van der Waals surface area contributed by atoms with Gasteiger partial charge >= 0.3 is 0 Å². The van der Waals surface area contributed by atoms with Gasteiger partial charge in [0, 0.05) is 12.8 Å². The van der Waals surface area contributed by atoms with E-state index in [4.69, 9.17) is 10.00 Å². The molecule has 3 nitrogen and oxygen atoms in total. The number of carbonyl (C=O) groups is 1. The predicted octanol–water partition coefficient (Wildman–Crippen LogP) is 2.79. The lowest BCUT2D eigenvalue weighted by molar-refractivity contribution is -0.120. The minimum absolute atomic E-state index is 0.355. The van der Waals surface area contributed by atoms with Crippen molar-refractivity contribution in [3.05, 3.63) is 29.3 Å². The number of carbonyl (C=O) groups excluding carboxylic acids is 1. The fourth-order valence-electron chi connectivity index (χ4n) is 2.37. The van der Waals surface area contributed by atoms with Crippen LogP contribution in [-0.4, -0.2) is 12.9 Å². The Morgan fingerprint density at radius 1 is 1.35 bits per heavy atom. The fourth-order valence-corrected chi connectivity index (χ4v) is 2.37. The molecule has 88 valence electrons. The van der Waals surface area contributed by atoms with Gasteiger partial charge in [0.05, 0.1) is 18.7 Å². The Kier molecular flexibility index (Phi) is 3.43. The Labute approximate surface area is 101 Å². The Morgan fingerprint density at radius 3 is 2.65 bits per heavy atom. The zero-order valence-corrected chi connectivity index (χ0v) is 9.90. The van der Waals surface area contributed by atoms with Crippen LogP contribution in [0.15, 0.2) is 18.2 Å². The molecule has 0 atom stereocenters. The van der Waals surface area contributed by atoms with Crippen LogP contribution in [0, 0.1) is 11.3 Å². The van der Waals surface area contributed by atoms with Gasteiger partial charge in [0.15, 0.2) is 0 Å². The molecule has 0 spiro atoms. The Balaban J connectivity index is 2.26. The number of benzene rings is 1. The normalized spacial score (nSPS) is 16.6. The first-order valence-electron chi connectivity index (χ1n) is 5.84. The van der Waals surface area contributed by atoms with E-state index in [1.165, 1.54) is 0 Å². The number of ketones is 1. The third-order valence-corrected chi connectivity index (χ3v) is 3.35. The first-order chi connectivity index (χ1) is 8.24. The average molecular weight is 229 g/mol. The van der Waals surface area contributed by atoms with E-state index in [2.05, 4.69) is 6.07 Å². The Morgan fingerprint density at radius 2 is 2.06 bits per heavy atom. The second-order valence-corrected chi connectivity index (χ2v) is 4.38. The molecule has 3 heteroatoms.